The average molecular weight is 269 g/mol. The largest absolute Gasteiger partial charge is 0.504 e. The lowest BCUT2D eigenvalue weighted by Crippen LogP contribution is -2.43. The summed E-state index contributed by atoms with van der Waals surface area (Å²) in [6, 6.07) is 3.00. The third-order valence-electron chi connectivity index (χ3n) is 3.67. The lowest BCUT2D eigenvalue weighted by molar-refractivity contribution is 0.341. The molecule has 18 heavy (non-hydrogen) atoms. The molecule has 4 nitrogen and oxygen atoms in total. The standard InChI is InChI=1S/C13H19NO3S/c1-18-13(5-2-6-13)8-14-7-9-3-4-10(15)12(17)11(9)16/h3-4,14-17H,2,5-8H2,1H3. The van der Waals surface area contributed by atoms with Gasteiger partial charge in [-0.3, -0.25) is 0 Å². The summed E-state index contributed by atoms with van der Waals surface area (Å²) >= 11 is 1.89. The van der Waals surface area contributed by atoms with Crippen molar-refractivity contribution in [2.24, 2.45) is 0 Å². The van der Waals surface area contributed by atoms with Gasteiger partial charge in [-0.05, 0) is 25.2 Å². The quantitative estimate of drug-likeness (QED) is 0.617. The normalized spacial score (nSPS) is 17.4. The minimum atomic E-state index is -0.447. The van der Waals surface area contributed by atoms with Crippen molar-refractivity contribution in [2.75, 3.05) is 12.8 Å². The summed E-state index contributed by atoms with van der Waals surface area (Å²) in [7, 11) is 0. The fourth-order valence-electron chi connectivity index (χ4n) is 2.20. The second kappa shape index (κ2) is 5.28. The van der Waals surface area contributed by atoms with Crippen LogP contribution in [0.15, 0.2) is 12.1 Å². The number of hydrogen-bond acceptors (Lipinski definition) is 5. The van der Waals surface area contributed by atoms with Gasteiger partial charge < -0.3 is 20.6 Å². The second-order valence-electron chi connectivity index (χ2n) is 4.79. The molecule has 5 heteroatoms. The van der Waals surface area contributed by atoms with E-state index in [1.54, 1.807) is 6.07 Å². The number of aromatic hydroxyl groups is 3. The van der Waals surface area contributed by atoms with Gasteiger partial charge in [0.2, 0.25) is 5.75 Å². The van der Waals surface area contributed by atoms with Gasteiger partial charge in [0.1, 0.15) is 0 Å². The number of phenols is 3. The van der Waals surface area contributed by atoms with Crippen LogP contribution in [0.1, 0.15) is 24.8 Å². The topological polar surface area (TPSA) is 72.7 Å². The van der Waals surface area contributed by atoms with Crippen molar-refractivity contribution in [3.05, 3.63) is 17.7 Å². The first-order valence-corrected chi connectivity index (χ1v) is 7.29. The van der Waals surface area contributed by atoms with Crippen LogP contribution in [0.4, 0.5) is 0 Å². The Morgan fingerprint density at radius 1 is 1.22 bits per heavy atom. The van der Waals surface area contributed by atoms with E-state index < -0.39 is 5.75 Å². The van der Waals surface area contributed by atoms with E-state index in [2.05, 4.69) is 11.6 Å². The maximum Gasteiger partial charge on any atom is 0.200 e. The number of hydrogen-bond donors (Lipinski definition) is 4. The van der Waals surface area contributed by atoms with E-state index in [1.165, 1.54) is 25.3 Å². The number of thioether (sulfide) groups is 1. The molecule has 1 aliphatic carbocycles. The Labute approximate surface area is 111 Å². The molecular weight excluding hydrogens is 250 g/mol. The number of benzene rings is 1. The van der Waals surface area contributed by atoms with Crippen LogP contribution < -0.4 is 5.32 Å². The Morgan fingerprint density at radius 2 is 1.94 bits per heavy atom. The van der Waals surface area contributed by atoms with E-state index in [9.17, 15) is 15.3 Å². The maximum absolute atomic E-state index is 9.68. The molecule has 0 saturated heterocycles. The molecule has 0 heterocycles. The summed E-state index contributed by atoms with van der Waals surface area (Å²) in [4.78, 5) is 0. The summed E-state index contributed by atoms with van der Waals surface area (Å²) in [5.41, 5.74) is 0.598. The Morgan fingerprint density at radius 3 is 2.50 bits per heavy atom. The van der Waals surface area contributed by atoms with E-state index in [-0.39, 0.29) is 11.5 Å². The molecule has 0 unspecified atom stereocenters. The Bertz CT molecular complexity index is 427. The molecule has 0 amide bonds. The second-order valence-corrected chi connectivity index (χ2v) is 6.06. The number of nitrogens with one attached hydrogen (secondary N) is 1. The summed E-state index contributed by atoms with van der Waals surface area (Å²) in [6.07, 6.45) is 5.88. The van der Waals surface area contributed by atoms with Gasteiger partial charge in [0.15, 0.2) is 11.5 Å². The smallest absolute Gasteiger partial charge is 0.200 e. The van der Waals surface area contributed by atoms with Crippen molar-refractivity contribution in [2.45, 2.75) is 30.6 Å². The summed E-state index contributed by atoms with van der Waals surface area (Å²) in [5, 5.41) is 31.6. The molecule has 1 saturated carbocycles. The van der Waals surface area contributed by atoms with Crippen molar-refractivity contribution >= 4 is 11.8 Å². The number of rotatable bonds is 5. The monoisotopic (exact) mass is 269 g/mol. The van der Waals surface area contributed by atoms with Gasteiger partial charge in [-0.2, -0.15) is 11.8 Å². The lowest BCUT2D eigenvalue weighted by atomic mass is 9.84. The predicted molar refractivity (Wildman–Crippen MR) is 73.2 cm³/mol. The fraction of sp³-hybridized carbons (Fsp3) is 0.538. The van der Waals surface area contributed by atoms with E-state index in [0.29, 0.717) is 16.9 Å². The van der Waals surface area contributed by atoms with Gasteiger partial charge in [-0.1, -0.05) is 12.5 Å². The first-order valence-electron chi connectivity index (χ1n) is 6.07. The van der Waals surface area contributed by atoms with Crippen LogP contribution in [0.3, 0.4) is 0 Å². The van der Waals surface area contributed by atoms with Crippen LogP contribution in [0.2, 0.25) is 0 Å². The minimum absolute atomic E-state index is 0.241. The van der Waals surface area contributed by atoms with Gasteiger partial charge in [0.05, 0.1) is 0 Å². The Hall–Kier alpha value is -1.07. The van der Waals surface area contributed by atoms with Gasteiger partial charge in [0, 0.05) is 23.4 Å². The third-order valence-corrected chi connectivity index (χ3v) is 5.09. The Balaban J connectivity index is 1.93. The Kier molecular flexibility index (Phi) is 3.92. The van der Waals surface area contributed by atoms with Crippen LogP contribution in [0, 0.1) is 0 Å². The van der Waals surface area contributed by atoms with E-state index in [0.717, 1.165) is 6.54 Å². The van der Waals surface area contributed by atoms with Crippen LogP contribution in [0.25, 0.3) is 0 Å². The van der Waals surface area contributed by atoms with Crippen LogP contribution in [-0.2, 0) is 6.54 Å². The van der Waals surface area contributed by atoms with Crippen molar-refractivity contribution in [3.8, 4) is 17.2 Å². The van der Waals surface area contributed by atoms with Gasteiger partial charge >= 0.3 is 0 Å². The molecule has 4 N–H and O–H groups in total. The molecule has 1 fully saturated rings. The van der Waals surface area contributed by atoms with Gasteiger partial charge in [-0.15, -0.1) is 0 Å². The first-order chi connectivity index (χ1) is 8.58. The molecule has 0 atom stereocenters. The molecular formula is C13H19NO3S. The van der Waals surface area contributed by atoms with Crippen molar-refractivity contribution in [1.29, 1.82) is 0 Å². The van der Waals surface area contributed by atoms with Crippen LogP contribution >= 0.6 is 11.8 Å². The highest BCUT2D eigenvalue weighted by molar-refractivity contribution is 8.00. The van der Waals surface area contributed by atoms with Crippen molar-refractivity contribution < 1.29 is 15.3 Å². The van der Waals surface area contributed by atoms with Crippen LogP contribution in [-0.4, -0.2) is 32.9 Å². The number of phenolic OH excluding ortho intramolecular Hbond substituents is 3. The molecule has 0 radical (unpaired) electrons. The molecule has 0 spiro atoms. The molecule has 1 aromatic rings. The van der Waals surface area contributed by atoms with Crippen molar-refractivity contribution in [3.63, 3.8) is 0 Å². The zero-order valence-corrected chi connectivity index (χ0v) is 11.3. The summed E-state index contributed by atoms with van der Waals surface area (Å²) in [5.74, 6) is -0.984. The molecule has 2 rings (SSSR count). The highest BCUT2D eigenvalue weighted by atomic mass is 32.2. The molecule has 0 bridgehead atoms. The molecule has 1 aliphatic rings. The van der Waals surface area contributed by atoms with E-state index >= 15 is 0 Å². The maximum atomic E-state index is 9.68. The first kappa shape index (κ1) is 13.4. The molecule has 100 valence electrons. The zero-order valence-electron chi connectivity index (χ0n) is 10.4. The summed E-state index contributed by atoms with van der Waals surface area (Å²) in [6.45, 7) is 1.39. The third kappa shape index (κ3) is 2.52. The molecule has 0 aromatic heterocycles. The predicted octanol–water partition coefficient (Wildman–Crippen LogP) is 2.18. The van der Waals surface area contributed by atoms with Gasteiger partial charge in [0.25, 0.3) is 0 Å². The fourth-order valence-corrected chi connectivity index (χ4v) is 3.15. The minimum Gasteiger partial charge on any atom is -0.504 e. The SMILES string of the molecule is CSC1(CNCc2ccc(O)c(O)c2O)CCC1. The highest BCUT2D eigenvalue weighted by Crippen LogP contribution is 2.42. The zero-order chi connectivity index (χ0) is 13.2. The molecule has 0 aliphatic heterocycles. The van der Waals surface area contributed by atoms with E-state index in [4.69, 9.17) is 0 Å². The average Bonchev–Trinajstić information content (AvgIpc) is 2.32. The molecule has 1 aromatic carbocycles. The van der Waals surface area contributed by atoms with Crippen LogP contribution in [0.5, 0.6) is 17.2 Å². The lowest BCUT2D eigenvalue weighted by Gasteiger charge is -2.40. The van der Waals surface area contributed by atoms with Gasteiger partial charge in [-0.25, -0.2) is 0 Å². The van der Waals surface area contributed by atoms with Crippen molar-refractivity contribution in [1.82, 2.24) is 5.32 Å². The highest BCUT2D eigenvalue weighted by Gasteiger charge is 2.35. The van der Waals surface area contributed by atoms with E-state index in [1.807, 2.05) is 11.8 Å². The summed E-state index contributed by atoms with van der Waals surface area (Å²) < 4.78 is 0.342.